The van der Waals surface area contributed by atoms with E-state index in [-0.39, 0.29) is 5.91 Å². The fourth-order valence-corrected chi connectivity index (χ4v) is 2.51. The lowest BCUT2D eigenvalue weighted by Gasteiger charge is -2.06. The van der Waals surface area contributed by atoms with Gasteiger partial charge in [-0.05, 0) is 19.4 Å². The van der Waals surface area contributed by atoms with E-state index in [1.54, 1.807) is 24.0 Å². The minimum Gasteiger partial charge on any atom is -0.385 e. The molecule has 0 aliphatic carbocycles. The SMILES string of the molecule is COCCCNC(=O)c1cnn2c(-c3ccc(C)cc3)ccnc12. The molecule has 0 unspecified atom stereocenters. The van der Waals surface area contributed by atoms with Crippen LogP contribution in [0.2, 0.25) is 0 Å². The number of amides is 1. The highest BCUT2D eigenvalue weighted by Crippen LogP contribution is 2.21. The molecule has 6 heteroatoms. The number of methoxy groups -OCH3 is 1. The number of aromatic nitrogens is 3. The summed E-state index contributed by atoms with van der Waals surface area (Å²) in [6.07, 6.45) is 4.03. The average Bonchev–Trinajstić information content (AvgIpc) is 3.03. The number of carbonyl (C=O) groups excluding carboxylic acids is 1. The molecular formula is C18H20N4O2. The Morgan fingerprint density at radius 2 is 2.04 bits per heavy atom. The predicted molar refractivity (Wildman–Crippen MR) is 92.0 cm³/mol. The molecule has 3 aromatic rings. The Morgan fingerprint density at radius 1 is 1.25 bits per heavy atom. The van der Waals surface area contributed by atoms with Gasteiger partial charge in [0.2, 0.25) is 0 Å². The molecule has 0 saturated heterocycles. The summed E-state index contributed by atoms with van der Waals surface area (Å²) in [5.41, 5.74) is 4.15. The van der Waals surface area contributed by atoms with Crippen LogP contribution in [0, 0.1) is 6.92 Å². The smallest absolute Gasteiger partial charge is 0.256 e. The van der Waals surface area contributed by atoms with Gasteiger partial charge < -0.3 is 10.1 Å². The molecule has 0 saturated carbocycles. The van der Waals surface area contributed by atoms with E-state index in [2.05, 4.69) is 27.5 Å². The first-order valence-electron chi connectivity index (χ1n) is 7.87. The van der Waals surface area contributed by atoms with E-state index in [4.69, 9.17) is 4.74 Å². The number of carbonyl (C=O) groups is 1. The van der Waals surface area contributed by atoms with Crippen LogP contribution in [0.5, 0.6) is 0 Å². The summed E-state index contributed by atoms with van der Waals surface area (Å²) in [4.78, 5) is 16.7. The van der Waals surface area contributed by atoms with Gasteiger partial charge in [-0.25, -0.2) is 9.50 Å². The third-order valence-electron chi connectivity index (χ3n) is 3.80. The molecule has 2 heterocycles. The average molecular weight is 324 g/mol. The number of aryl methyl sites for hydroxylation is 1. The van der Waals surface area contributed by atoms with Crippen LogP contribution >= 0.6 is 0 Å². The van der Waals surface area contributed by atoms with Gasteiger partial charge >= 0.3 is 0 Å². The van der Waals surface area contributed by atoms with Gasteiger partial charge in [-0.2, -0.15) is 5.10 Å². The van der Waals surface area contributed by atoms with Crippen molar-refractivity contribution >= 4 is 11.6 Å². The topological polar surface area (TPSA) is 68.5 Å². The van der Waals surface area contributed by atoms with Gasteiger partial charge in [-0.1, -0.05) is 29.8 Å². The summed E-state index contributed by atoms with van der Waals surface area (Å²) in [7, 11) is 1.64. The fraction of sp³-hybridized carbons (Fsp3) is 0.278. The minimum atomic E-state index is -0.172. The minimum absolute atomic E-state index is 0.172. The van der Waals surface area contributed by atoms with Gasteiger partial charge in [0.25, 0.3) is 5.91 Å². The molecule has 1 aromatic carbocycles. The van der Waals surface area contributed by atoms with Crippen LogP contribution in [0.1, 0.15) is 22.3 Å². The summed E-state index contributed by atoms with van der Waals surface area (Å²) < 4.78 is 6.68. The highest BCUT2D eigenvalue weighted by Gasteiger charge is 2.15. The molecule has 6 nitrogen and oxygen atoms in total. The van der Waals surface area contributed by atoms with Crippen molar-refractivity contribution in [2.24, 2.45) is 0 Å². The molecule has 0 atom stereocenters. The Kier molecular flexibility index (Phi) is 4.86. The van der Waals surface area contributed by atoms with Gasteiger partial charge in [0, 0.05) is 32.0 Å². The zero-order valence-corrected chi connectivity index (χ0v) is 13.8. The third kappa shape index (κ3) is 3.28. The zero-order chi connectivity index (χ0) is 16.9. The van der Waals surface area contributed by atoms with Crippen LogP contribution in [-0.2, 0) is 4.74 Å². The van der Waals surface area contributed by atoms with Crippen molar-refractivity contribution in [3.8, 4) is 11.3 Å². The van der Waals surface area contributed by atoms with Gasteiger partial charge in [0.15, 0.2) is 5.65 Å². The molecular weight excluding hydrogens is 304 g/mol. The summed E-state index contributed by atoms with van der Waals surface area (Å²) in [5, 5.41) is 7.22. The number of benzene rings is 1. The second kappa shape index (κ2) is 7.23. The van der Waals surface area contributed by atoms with Crippen molar-refractivity contribution < 1.29 is 9.53 Å². The Hall–Kier alpha value is -2.73. The van der Waals surface area contributed by atoms with Crippen molar-refractivity contribution in [3.63, 3.8) is 0 Å². The Morgan fingerprint density at radius 3 is 2.79 bits per heavy atom. The van der Waals surface area contributed by atoms with Gasteiger partial charge in [-0.3, -0.25) is 4.79 Å². The van der Waals surface area contributed by atoms with Gasteiger partial charge in [-0.15, -0.1) is 0 Å². The lowest BCUT2D eigenvalue weighted by molar-refractivity contribution is 0.0950. The molecule has 0 spiro atoms. The molecule has 0 fully saturated rings. The molecule has 0 aliphatic heterocycles. The van der Waals surface area contributed by atoms with E-state index in [1.165, 1.54) is 5.56 Å². The molecule has 0 bridgehead atoms. The molecule has 0 aliphatic rings. The Labute approximate surface area is 140 Å². The van der Waals surface area contributed by atoms with Crippen LogP contribution in [0.25, 0.3) is 16.9 Å². The normalized spacial score (nSPS) is 10.9. The largest absolute Gasteiger partial charge is 0.385 e. The predicted octanol–water partition coefficient (Wildman–Crippen LogP) is 2.47. The Bertz CT molecular complexity index is 840. The maximum Gasteiger partial charge on any atom is 0.256 e. The van der Waals surface area contributed by atoms with Gasteiger partial charge in [0.1, 0.15) is 5.56 Å². The number of nitrogens with one attached hydrogen (secondary N) is 1. The summed E-state index contributed by atoms with van der Waals surface area (Å²) >= 11 is 0. The molecule has 124 valence electrons. The monoisotopic (exact) mass is 324 g/mol. The maximum absolute atomic E-state index is 12.3. The van der Waals surface area contributed by atoms with E-state index >= 15 is 0 Å². The van der Waals surface area contributed by atoms with E-state index in [0.717, 1.165) is 17.7 Å². The van der Waals surface area contributed by atoms with Crippen molar-refractivity contribution in [2.45, 2.75) is 13.3 Å². The summed E-state index contributed by atoms with van der Waals surface area (Å²) in [5.74, 6) is -0.172. The second-order valence-electron chi connectivity index (χ2n) is 5.59. The Balaban J connectivity index is 1.89. The highest BCUT2D eigenvalue weighted by molar-refractivity contribution is 5.99. The van der Waals surface area contributed by atoms with Crippen LogP contribution in [0.15, 0.2) is 42.7 Å². The fourth-order valence-electron chi connectivity index (χ4n) is 2.51. The molecule has 24 heavy (non-hydrogen) atoms. The first-order chi connectivity index (χ1) is 11.7. The van der Waals surface area contributed by atoms with E-state index in [0.29, 0.717) is 24.4 Å². The molecule has 1 N–H and O–H groups in total. The molecule has 2 aromatic heterocycles. The van der Waals surface area contributed by atoms with Gasteiger partial charge in [0.05, 0.1) is 11.9 Å². The summed E-state index contributed by atoms with van der Waals surface area (Å²) in [6, 6.07) is 10.1. The number of hydrogen-bond donors (Lipinski definition) is 1. The number of ether oxygens (including phenoxy) is 1. The van der Waals surface area contributed by atoms with Crippen molar-refractivity contribution in [1.29, 1.82) is 0 Å². The van der Waals surface area contributed by atoms with Crippen molar-refractivity contribution in [1.82, 2.24) is 19.9 Å². The first-order valence-corrected chi connectivity index (χ1v) is 7.87. The van der Waals surface area contributed by atoms with E-state index in [1.807, 2.05) is 25.1 Å². The van der Waals surface area contributed by atoms with Crippen LogP contribution in [-0.4, -0.2) is 40.8 Å². The second-order valence-corrected chi connectivity index (χ2v) is 5.59. The van der Waals surface area contributed by atoms with Crippen LogP contribution < -0.4 is 5.32 Å². The number of rotatable bonds is 6. The van der Waals surface area contributed by atoms with Crippen molar-refractivity contribution in [3.05, 3.63) is 53.9 Å². The number of nitrogens with zero attached hydrogens (tertiary/aromatic N) is 3. The lowest BCUT2D eigenvalue weighted by Crippen LogP contribution is -2.25. The summed E-state index contributed by atoms with van der Waals surface area (Å²) in [6.45, 7) is 3.22. The van der Waals surface area contributed by atoms with E-state index in [9.17, 15) is 4.79 Å². The van der Waals surface area contributed by atoms with Crippen molar-refractivity contribution in [2.75, 3.05) is 20.3 Å². The standard InChI is InChI=1S/C18H20N4O2/c1-13-4-6-14(7-5-13)16-8-10-19-17-15(12-21-22(16)17)18(23)20-9-3-11-24-2/h4-8,10,12H,3,9,11H2,1-2H3,(H,20,23). The quantitative estimate of drug-likeness (QED) is 0.707. The highest BCUT2D eigenvalue weighted by atomic mass is 16.5. The first kappa shape index (κ1) is 16.1. The molecule has 1 amide bonds. The van der Waals surface area contributed by atoms with Crippen LogP contribution in [0.3, 0.4) is 0 Å². The lowest BCUT2D eigenvalue weighted by atomic mass is 10.1. The molecule has 0 radical (unpaired) electrons. The number of fused-ring (bicyclic) bond motifs is 1. The van der Waals surface area contributed by atoms with E-state index < -0.39 is 0 Å². The zero-order valence-electron chi connectivity index (χ0n) is 13.8. The maximum atomic E-state index is 12.3. The van der Waals surface area contributed by atoms with Crippen LogP contribution in [0.4, 0.5) is 0 Å². The number of hydrogen-bond acceptors (Lipinski definition) is 4. The third-order valence-corrected chi connectivity index (χ3v) is 3.80. The molecule has 3 rings (SSSR count).